The summed E-state index contributed by atoms with van der Waals surface area (Å²) in [5.41, 5.74) is 2.25. The Labute approximate surface area is 145 Å². The minimum Gasteiger partial charge on any atom is -0.322 e. The third kappa shape index (κ3) is 3.84. The maximum absolute atomic E-state index is 12.1. The lowest BCUT2D eigenvalue weighted by Gasteiger charge is -2.16. The molecule has 5 heteroatoms. The third-order valence-corrected chi connectivity index (χ3v) is 4.16. The van der Waals surface area contributed by atoms with Crippen molar-refractivity contribution in [1.29, 1.82) is 0 Å². The molecule has 0 aromatic heterocycles. The highest BCUT2D eigenvalue weighted by molar-refractivity contribution is 6.32. The van der Waals surface area contributed by atoms with Crippen LogP contribution in [0.4, 0.5) is 11.4 Å². The van der Waals surface area contributed by atoms with Gasteiger partial charge in [-0.3, -0.25) is 9.59 Å². The van der Waals surface area contributed by atoms with E-state index in [-0.39, 0.29) is 11.8 Å². The van der Waals surface area contributed by atoms with Crippen molar-refractivity contribution in [3.8, 4) is 0 Å². The van der Waals surface area contributed by atoms with E-state index in [2.05, 4.69) is 5.32 Å². The van der Waals surface area contributed by atoms with Gasteiger partial charge in [0, 0.05) is 35.4 Å². The molecule has 1 heterocycles. The number of rotatable bonds is 4. The molecule has 1 saturated heterocycles. The molecule has 1 fully saturated rings. The highest BCUT2D eigenvalue weighted by Gasteiger charge is 2.21. The summed E-state index contributed by atoms with van der Waals surface area (Å²) in [6.07, 6.45) is 4.56. The quantitative estimate of drug-likeness (QED) is 0.851. The van der Waals surface area contributed by atoms with Crippen LogP contribution in [0.5, 0.6) is 0 Å². The van der Waals surface area contributed by atoms with Gasteiger partial charge in [0.1, 0.15) is 0 Å². The van der Waals surface area contributed by atoms with Gasteiger partial charge in [-0.1, -0.05) is 35.9 Å². The molecule has 3 rings (SSSR count). The molecule has 0 saturated carbocycles. The monoisotopic (exact) mass is 340 g/mol. The van der Waals surface area contributed by atoms with Crippen LogP contribution in [0.2, 0.25) is 5.02 Å². The summed E-state index contributed by atoms with van der Waals surface area (Å²) in [4.78, 5) is 25.6. The summed E-state index contributed by atoms with van der Waals surface area (Å²) >= 11 is 6.05. The zero-order valence-corrected chi connectivity index (χ0v) is 13.8. The Hall–Kier alpha value is -2.59. The summed E-state index contributed by atoms with van der Waals surface area (Å²) in [6, 6.07) is 14.6. The van der Waals surface area contributed by atoms with E-state index in [0.29, 0.717) is 17.1 Å². The van der Waals surface area contributed by atoms with Crippen LogP contribution in [0.25, 0.3) is 6.08 Å². The summed E-state index contributed by atoms with van der Waals surface area (Å²) in [5, 5.41) is 3.40. The molecule has 1 aliphatic heterocycles. The van der Waals surface area contributed by atoms with Crippen LogP contribution in [0.15, 0.2) is 54.6 Å². The molecule has 2 aromatic rings. The highest BCUT2D eigenvalue weighted by atomic mass is 35.5. The Morgan fingerprint density at radius 2 is 2.00 bits per heavy atom. The van der Waals surface area contributed by atoms with Crippen LogP contribution in [0.3, 0.4) is 0 Å². The van der Waals surface area contributed by atoms with E-state index in [1.807, 2.05) is 36.4 Å². The number of halogens is 1. The molecule has 0 unspecified atom stereocenters. The first-order chi connectivity index (χ1) is 11.6. The van der Waals surface area contributed by atoms with Crippen LogP contribution < -0.4 is 10.2 Å². The maximum Gasteiger partial charge on any atom is 0.248 e. The lowest BCUT2D eigenvalue weighted by molar-refractivity contribution is -0.117. The second kappa shape index (κ2) is 7.32. The van der Waals surface area contributed by atoms with Gasteiger partial charge in [-0.25, -0.2) is 0 Å². The number of nitrogens with zero attached hydrogens (tertiary/aromatic N) is 1. The first-order valence-electron chi connectivity index (χ1n) is 7.77. The van der Waals surface area contributed by atoms with Gasteiger partial charge in [0.25, 0.3) is 0 Å². The van der Waals surface area contributed by atoms with Crippen LogP contribution in [-0.4, -0.2) is 18.4 Å². The van der Waals surface area contributed by atoms with Crippen molar-refractivity contribution < 1.29 is 9.59 Å². The first kappa shape index (κ1) is 16.3. The number of anilines is 2. The van der Waals surface area contributed by atoms with E-state index in [0.717, 1.165) is 24.2 Å². The Balaban J connectivity index is 1.68. The van der Waals surface area contributed by atoms with Gasteiger partial charge in [-0.2, -0.15) is 0 Å². The summed E-state index contributed by atoms with van der Waals surface area (Å²) in [7, 11) is 0. The molecular weight excluding hydrogens is 324 g/mol. The van der Waals surface area contributed by atoms with Crippen LogP contribution >= 0.6 is 11.6 Å². The SMILES string of the molecule is O=C(/C=C/c1ccccc1Cl)Nc1cccc(N2CCCC2=O)c1. The van der Waals surface area contributed by atoms with Gasteiger partial charge >= 0.3 is 0 Å². The standard InChI is InChI=1S/C19H17ClN2O2/c20-17-8-2-1-5-14(17)10-11-18(23)21-15-6-3-7-16(13-15)22-12-4-9-19(22)24/h1-3,5-8,10-11,13H,4,9,12H2,(H,21,23)/b11-10+. The predicted octanol–water partition coefficient (Wildman–Crippen LogP) is 4.12. The molecule has 0 radical (unpaired) electrons. The van der Waals surface area contributed by atoms with Gasteiger partial charge < -0.3 is 10.2 Å². The number of nitrogens with one attached hydrogen (secondary N) is 1. The minimum atomic E-state index is -0.250. The molecule has 1 N–H and O–H groups in total. The van der Waals surface area contributed by atoms with Crippen LogP contribution in [0.1, 0.15) is 18.4 Å². The lowest BCUT2D eigenvalue weighted by atomic mass is 10.2. The summed E-state index contributed by atoms with van der Waals surface area (Å²) < 4.78 is 0. The average Bonchev–Trinajstić information content (AvgIpc) is 3.00. The van der Waals surface area contributed by atoms with E-state index in [1.54, 1.807) is 23.1 Å². The highest BCUT2D eigenvalue weighted by Crippen LogP contribution is 2.24. The number of hydrogen-bond donors (Lipinski definition) is 1. The van der Waals surface area contributed by atoms with Crippen molar-refractivity contribution in [3.63, 3.8) is 0 Å². The van der Waals surface area contributed by atoms with Crippen LogP contribution in [-0.2, 0) is 9.59 Å². The van der Waals surface area contributed by atoms with Crippen LogP contribution in [0, 0.1) is 0 Å². The molecule has 0 bridgehead atoms. The Kier molecular flexibility index (Phi) is 4.96. The van der Waals surface area contributed by atoms with Gasteiger partial charge in [-0.15, -0.1) is 0 Å². The number of carbonyl (C=O) groups excluding carboxylic acids is 2. The molecule has 2 aromatic carbocycles. The fourth-order valence-corrected chi connectivity index (χ4v) is 2.83. The van der Waals surface area contributed by atoms with Crippen molar-refractivity contribution in [2.75, 3.05) is 16.8 Å². The lowest BCUT2D eigenvalue weighted by Crippen LogP contribution is -2.23. The molecule has 4 nitrogen and oxygen atoms in total. The Bertz CT molecular complexity index is 801. The van der Waals surface area contributed by atoms with Gasteiger partial charge in [0.05, 0.1) is 0 Å². The van der Waals surface area contributed by atoms with Crippen molar-refractivity contribution in [2.24, 2.45) is 0 Å². The van der Waals surface area contributed by atoms with Gasteiger partial charge in [0.15, 0.2) is 0 Å². The second-order valence-corrected chi connectivity index (χ2v) is 5.95. The number of carbonyl (C=O) groups is 2. The molecule has 0 spiro atoms. The van der Waals surface area contributed by atoms with E-state index < -0.39 is 0 Å². The first-order valence-corrected chi connectivity index (χ1v) is 8.15. The topological polar surface area (TPSA) is 49.4 Å². The number of hydrogen-bond acceptors (Lipinski definition) is 2. The number of amides is 2. The second-order valence-electron chi connectivity index (χ2n) is 5.54. The molecular formula is C19H17ClN2O2. The summed E-state index contributed by atoms with van der Waals surface area (Å²) in [5.74, 6) is -0.128. The molecule has 122 valence electrons. The van der Waals surface area contributed by atoms with Crippen molar-refractivity contribution in [2.45, 2.75) is 12.8 Å². The summed E-state index contributed by atoms with van der Waals surface area (Å²) in [6.45, 7) is 0.725. The van der Waals surface area contributed by atoms with Gasteiger partial charge in [0.2, 0.25) is 11.8 Å². The maximum atomic E-state index is 12.1. The fourth-order valence-electron chi connectivity index (χ4n) is 2.63. The fraction of sp³-hybridized carbons (Fsp3) is 0.158. The predicted molar refractivity (Wildman–Crippen MR) is 97.1 cm³/mol. The number of benzene rings is 2. The van der Waals surface area contributed by atoms with E-state index in [1.165, 1.54) is 6.08 Å². The van der Waals surface area contributed by atoms with E-state index >= 15 is 0 Å². The minimum absolute atomic E-state index is 0.122. The Morgan fingerprint density at radius 1 is 1.17 bits per heavy atom. The van der Waals surface area contributed by atoms with Gasteiger partial charge in [-0.05, 0) is 42.3 Å². The molecule has 0 atom stereocenters. The molecule has 1 aliphatic rings. The molecule has 24 heavy (non-hydrogen) atoms. The Morgan fingerprint density at radius 3 is 2.75 bits per heavy atom. The zero-order valence-electron chi connectivity index (χ0n) is 13.0. The smallest absolute Gasteiger partial charge is 0.248 e. The van der Waals surface area contributed by atoms with Crippen molar-refractivity contribution in [1.82, 2.24) is 0 Å². The largest absolute Gasteiger partial charge is 0.322 e. The third-order valence-electron chi connectivity index (χ3n) is 3.82. The molecule has 2 amide bonds. The van der Waals surface area contributed by atoms with E-state index in [4.69, 9.17) is 11.6 Å². The normalized spacial score (nSPS) is 14.4. The van der Waals surface area contributed by atoms with Crippen molar-refractivity contribution >= 4 is 40.9 Å². The van der Waals surface area contributed by atoms with Crippen molar-refractivity contribution in [3.05, 3.63) is 65.2 Å². The zero-order chi connectivity index (χ0) is 16.9. The van der Waals surface area contributed by atoms with E-state index in [9.17, 15) is 9.59 Å². The average molecular weight is 341 g/mol. The molecule has 0 aliphatic carbocycles.